The number of hydrogen-bond acceptors (Lipinski definition) is 3. The molecule has 10 rings (SSSR count). The van der Waals surface area contributed by atoms with Crippen LogP contribution in [0.2, 0.25) is 0 Å². The Balaban J connectivity index is 1.14. The number of hydrogen-bond donors (Lipinski definition) is 0. The maximum Gasteiger partial charge on any atom is 0.160 e. The Hall–Kier alpha value is -5.58. The van der Waals surface area contributed by atoms with Gasteiger partial charge in [-0.1, -0.05) is 113 Å². The van der Waals surface area contributed by atoms with E-state index in [1.54, 1.807) is 11.3 Å². The highest BCUT2D eigenvalue weighted by Crippen LogP contribution is 2.48. The highest BCUT2D eigenvalue weighted by atomic mass is 32.1. The Morgan fingerprint density at radius 3 is 1.96 bits per heavy atom. The quantitative estimate of drug-likeness (QED) is 0.184. The predicted octanol–water partition coefficient (Wildman–Crippen LogP) is 13.3. The molecule has 0 N–H and O–H groups in total. The first-order valence-electron chi connectivity index (χ1n) is 18.3. The Morgan fingerprint density at radius 2 is 1.17 bits per heavy atom. The summed E-state index contributed by atoms with van der Waals surface area (Å²) in [6.07, 6.45) is 2.39. The number of nitrogens with zero attached hydrogens (tertiary/aromatic N) is 3. The molecule has 1 aliphatic carbocycles. The number of para-hydroxylation sites is 1. The summed E-state index contributed by atoms with van der Waals surface area (Å²) in [5.74, 6) is 0.739. The zero-order valence-corrected chi connectivity index (χ0v) is 30.8. The average molecular weight is 690 g/mol. The molecule has 3 aromatic heterocycles. The summed E-state index contributed by atoms with van der Waals surface area (Å²) in [6, 6.07) is 50.6. The molecule has 4 heteroatoms. The van der Waals surface area contributed by atoms with E-state index >= 15 is 0 Å². The first kappa shape index (κ1) is 31.2. The molecule has 0 fully saturated rings. The van der Waals surface area contributed by atoms with E-state index < -0.39 is 0 Å². The van der Waals surface area contributed by atoms with Gasteiger partial charge >= 0.3 is 0 Å². The smallest absolute Gasteiger partial charge is 0.160 e. The van der Waals surface area contributed by atoms with Crippen molar-refractivity contribution in [2.24, 2.45) is 0 Å². The van der Waals surface area contributed by atoms with Crippen molar-refractivity contribution >= 4 is 53.4 Å². The van der Waals surface area contributed by atoms with Crippen LogP contribution >= 0.6 is 11.3 Å². The van der Waals surface area contributed by atoms with Gasteiger partial charge in [0.1, 0.15) is 0 Å². The molecule has 3 nitrogen and oxygen atoms in total. The molecular weight excluding hydrogens is 651 g/mol. The SMILES string of the molecule is CC1(C)CCC(C)(C)c2cc3c(cc21)c1ccccc1n3-c1ccc(-c2nc(-c3cccc(-c4ccccc4)c3)c3sc4ccccc4c3n2)cc1. The zero-order chi connectivity index (χ0) is 35.2. The highest BCUT2D eigenvalue weighted by molar-refractivity contribution is 7.26. The summed E-state index contributed by atoms with van der Waals surface area (Å²) in [6.45, 7) is 9.64. The van der Waals surface area contributed by atoms with Crippen LogP contribution in [0.3, 0.4) is 0 Å². The van der Waals surface area contributed by atoms with Crippen molar-refractivity contribution in [1.29, 1.82) is 0 Å². The number of aromatic nitrogens is 3. The van der Waals surface area contributed by atoms with Crippen LogP contribution in [0.15, 0.2) is 140 Å². The summed E-state index contributed by atoms with van der Waals surface area (Å²) >= 11 is 1.77. The van der Waals surface area contributed by atoms with E-state index in [4.69, 9.17) is 9.97 Å². The lowest BCUT2D eigenvalue weighted by atomic mass is 9.63. The standard InChI is InChI=1S/C48H39N3S/c1-47(2)25-26-48(3,4)39-29-41-37(28-38(39)47)35-17-8-10-19-40(35)51(41)34-23-21-31(22-24-34)46-49-43(45-44(50-46)36-18-9-11-20-42(36)52-45)33-16-12-15-32(27-33)30-13-6-5-7-14-30/h5-24,27-29H,25-26H2,1-4H3. The van der Waals surface area contributed by atoms with E-state index in [2.05, 4.69) is 172 Å². The minimum absolute atomic E-state index is 0.129. The van der Waals surface area contributed by atoms with E-state index in [9.17, 15) is 0 Å². The van der Waals surface area contributed by atoms with E-state index in [1.165, 1.54) is 67.0 Å². The minimum Gasteiger partial charge on any atom is -0.309 e. The van der Waals surface area contributed by atoms with E-state index in [1.807, 2.05) is 0 Å². The van der Waals surface area contributed by atoms with Gasteiger partial charge in [-0.25, -0.2) is 9.97 Å². The third-order valence-electron chi connectivity index (χ3n) is 11.5. The zero-order valence-electron chi connectivity index (χ0n) is 29.9. The molecule has 0 saturated carbocycles. The maximum atomic E-state index is 5.33. The van der Waals surface area contributed by atoms with Crippen LogP contribution in [0, 0.1) is 0 Å². The molecule has 0 bridgehead atoms. The predicted molar refractivity (Wildman–Crippen MR) is 221 cm³/mol. The van der Waals surface area contributed by atoms with Gasteiger partial charge in [0.2, 0.25) is 0 Å². The van der Waals surface area contributed by atoms with Crippen LogP contribution in [-0.2, 0) is 10.8 Å². The monoisotopic (exact) mass is 689 g/mol. The van der Waals surface area contributed by atoms with Gasteiger partial charge in [0.05, 0.1) is 26.9 Å². The first-order chi connectivity index (χ1) is 25.2. The van der Waals surface area contributed by atoms with Crippen molar-refractivity contribution in [3.63, 3.8) is 0 Å². The lowest BCUT2D eigenvalue weighted by molar-refractivity contribution is 0.332. The molecule has 52 heavy (non-hydrogen) atoms. The molecule has 0 atom stereocenters. The van der Waals surface area contributed by atoms with Crippen molar-refractivity contribution in [3.05, 3.63) is 151 Å². The third kappa shape index (κ3) is 4.85. The van der Waals surface area contributed by atoms with Crippen LogP contribution in [-0.4, -0.2) is 14.5 Å². The minimum atomic E-state index is 0.129. The molecule has 1 aliphatic rings. The largest absolute Gasteiger partial charge is 0.309 e. The second-order valence-electron chi connectivity index (χ2n) is 15.7. The van der Waals surface area contributed by atoms with Crippen LogP contribution in [0.5, 0.6) is 0 Å². The Morgan fingerprint density at radius 1 is 0.519 bits per heavy atom. The Kier molecular flexibility index (Phi) is 6.87. The van der Waals surface area contributed by atoms with Gasteiger partial charge in [0, 0.05) is 37.7 Å². The second kappa shape index (κ2) is 11.5. The van der Waals surface area contributed by atoms with Crippen molar-refractivity contribution < 1.29 is 0 Å². The number of fused-ring (bicyclic) bond motifs is 7. The van der Waals surface area contributed by atoms with E-state index in [-0.39, 0.29) is 10.8 Å². The summed E-state index contributed by atoms with van der Waals surface area (Å²) in [7, 11) is 0. The fourth-order valence-electron chi connectivity index (χ4n) is 8.46. The van der Waals surface area contributed by atoms with E-state index in [0.717, 1.165) is 38.5 Å². The Bertz CT molecular complexity index is 2840. The topological polar surface area (TPSA) is 30.7 Å². The second-order valence-corrected chi connectivity index (χ2v) is 16.8. The van der Waals surface area contributed by atoms with Crippen LogP contribution in [0.25, 0.3) is 81.6 Å². The molecule has 9 aromatic rings. The van der Waals surface area contributed by atoms with Gasteiger partial charge in [-0.3, -0.25) is 0 Å². The summed E-state index contributed by atoms with van der Waals surface area (Å²) in [5.41, 5.74) is 13.3. The molecule has 3 heterocycles. The highest BCUT2D eigenvalue weighted by Gasteiger charge is 2.37. The summed E-state index contributed by atoms with van der Waals surface area (Å²) in [4.78, 5) is 10.6. The van der Waals surface area contributed by atoms with Crippen LogP contribution in [0.1, 0.15) is 51.7 Å². The molecule has 0 amide bonds. The molecule has 6 aromatic carbocycles. The lowest BCUT2D eigenvalue weighted by Crippen LogP contribution is -2.33. The summed E-state index contributed by atoms with van der Waals surface area (Å²) < 4.78 is 4.79. The fourth-order valence-corrected chi connectivity index (χ4v) is 9.61. The average Bonchev–Trinajstić information content (AvgIpc) is 3.72. The van der Waals surface area contributed by atoms with Gasteiger partial charge in [-0.2, -0.15) is 0 Å². The summed E-state index contributed by atoms with van der Waals surface area (Å²) in [5, 5.41) is 3.79. The number of benzene rings is 6. The Labute approximate surface area is 308 Å². The van der Waals surface area contributed by atoms with Crippen molar-refractivity contribution in [3.8, 4) is 39.5 Å². The molecule has 0 radical (unpaired) electrons. The molecule has 0 unspecified atom stereocenters. The van der Waals surface area contributed by atoms with Crippen molar-refractivity contribution in [2.45, 2.75) is 51.4 Å². The van der Waals surface area contributed by atoms with Gasteiger partial charge in [0.25, 0.3) is 0 Å². The van der Waals surface area contributed by atoms with Crippen molar-refractivity contribution in [1.82, 2.24) is 14.5 Å². The van der Waals surface area contributed by atoms with Gasteiger partial charge < -0.3 is 4.57 Å². The van der Waals surface area contributed by atoms with Gasteiger partial charge in [-0.15, -0.1) is 11.3 Å². The third-order valence-corrected chi connectivity index (χ3v) is 12.7. The molecule has 0 saturated heterocycles. The van der Waals surface area contributed by atoms with Crippen LogP contribution in [0.4, 0.5) is 0 Å². The van der Waals surface area contributed by atoms with Gasteiger partial charge in [0.15, 0.2) is 5.82 Å². The first-order valence-corrected chi connectivity index (χ1v) is 19.1. The molecule has 252 valence electrons. The fraction of sp³-hybridized carbons (Fsp3) is 0.167. The lowest BCUT2D eigenvalue weighted by Gasteiger charge is -2.42. The number of rotatable bonds is 4. The van der Waals surface area contributed by atoms with E-state index in [0.29, 0.717) is 0 Å². The molecular formula is C48H39N3S. The normalized spacial score (nSPS) is 15.1. The maximum absolute atomic E-state index is 5.33. The van der Waals surface area contributed by atoms with Gasteiger partial charge in [-0.05, 0) is 101 Å². The van der Waals surface area contributed by atoms with Crippen molar-refractivity contribution in [2.75, 3.05) is 0 Å². The van der Waals surface area contributed by atoms with Crippen LogP contribution < -0.4 is 0 Å². The molecule has 0 spiro atoms. The number of thiophene rings is 1. The molecule has 0 aliphatic heterocycles.